The van der Waals surface area contributed by atoms with Gasteiger partial charge in [0.1, 0.15) is 5.82 Å². The number of anilines is 1. The van der Waals surface area contributed by atoms with E-state index in [1.165, 1.54) is 31.9 Å². The van der Waals surface area contributed by atoms with Crippen LogP contribution in [0.4, 0.5) is 5.82 Å². The molecule has 0 aliphatic heterocycles. The minimum atomic E-state index is -0.912. The summed E-state index contributed by atoms with van der Waals surface area (Å²) < 4.78 is 0. The number of carboxylic acids is 1. The van der Waals surface area contributed by atoms with E-state index >= 15 is 0 Å². The Morgan fingerprint density at radius 3 is 2.22 bits per heavy atom. The molecule has 0 unspecified atom stereocenters. The van der Waals surface area contributed by atoms with Crippen LogP contribution < -0.4 is 4.90 Å². The molecule has 0 bridgehead atoms. The molecule has 3 rings (SSSR count). The molecule has 1 N–H and O–H groups in total. The summed E-state index contributed by atoms with van der Waals surface area (Å²) in [5, 5.41) is 8.87. The molecule has 1 heterocycles. The number of hydrogen-bond acceptors (Lipinski definition) is 3. The first-order valence-corrected chi connectivity index (χ1v) is 6.66. The summed E-state index contributed by atoms with van der Waals surface area (Å²) in [6.45, 7) is 2.16. The van der Waals surface area contributed by atoms with E-state index in [4.69, 9.17) is 5.11 Å². The van der Waals surface area contributed by atoms with E-state index in [2.05, 4.69) is 9.88 Å². The minimum absolute atomic E-state index is 0.261. The smallest absolute Gasteiger partial charge is 0.337 e. The first-order valence-electron chi connectivity index (χ1n) is 6.66. The van der Waals surface area contributed by atoms with E-state index in [-0.39, 0.29) is 5.56 Å². The van der Waals surface area contributed by atoms with Gasteiger partial charge in [0.15, 0.2) is 0 Å². The molecule has 0 radical (unpaired) electrons. The zero-order valence-corrected chi connectivity index (χ0v) is 10.4. The van der Waals surface area contributed by atoms with Crippen molar-refractivity contribution >= 4 is 11.8 Å². The van der Waals surface area contributed by atoms with E-state index in [1.54, 1.807) is 6.07 Å². The van der Waals surface area contributed by atoms with Crippen molar-refractivity contribution < 1.29 is 9.90 Å². The predicted octanol–water partition coefficient (Wildman–Crippen LogP) is 2.41. The van der Waals surface area contributed by atoms with Gasteiger partial charge >= 0.3 is 5.97 Å². The maximum absolute atomic E-state index is 10.8. The van der Waals surface area contributed by atoms with Crippen LogP contribution in [-0.2, 0) is 0 Å². The number of pyridine rings is 1. The lowest BCUT2D eigenvalue weighted by molar-refractivity contribution is 0.0696. The van der Waals surface area contributed by atoms with Crippen molar-refractivity contribution in [3.8, 4) is 0 Å². The minimum Gasteiger partial charge on any atom is -0.478 e. The second kappa shape index (κ2) is 4.59. The molecule has 0 spiro atoms. The van der Waals surface area contributed by atoms with Gasteiger partial charge in [-0.05, 0) is 49.7 Å². The van der Waals surface area contributed by atoms with Crippen molar-refractivity contribution in [3.05, 3.63) is 23.9 Å². The second-order valence-electron chi connectivity index (χ2n) is 5.50. The largest absolute Gasteiger partial charge is 0.478 e. The summed E-state index contributed by atoms with van der Waals surface area (Å²) in [5.74, 6) is 1.66. The van der Waals surface area contributed by atoms with E-state index in [0.29, 0.717) is 0 Å². The molecule has 0 atom stereocenters. The van der Waals surface area contributed by atoms with Gasteiger partial charge in [-0.3, -0.25) is 0 Å². The monoisotopic (exact) mass is 246 g/mol. The summed E-state index contributed by atoms with van der Waals surface area (Å²) in [7, 11) is 0. The fraction of sp³-hybridized carbons (Fsp3) is 0.571. The van der Waals surface area contributed by atoms with Crippen molar-refractivity contribution in [1.82, 2.24) is 4.98 Å². The topological polar surface area (TPSA) is 53.4 Å². The van der Waals surface area contributed by atoms with Gasteiger partial charge in [-0.15, -0.1) is 0 Å². The molecular formula is C14H18N2O2. The average molecular weight is 246 g/mol. The third kappa shape index (κ3) is 2.81. The standard InChI is InChI=1S/C14H18N2O2/c17-14(18)12-5-6-13(15-7-12)16(8-10-1-2-10)9-11-3-4-11/h5-7,10-11H,1-4,8-9H2,(H,17,18). The average Bonchev–Trinajstić information content (AvgIpc) is 3.23. The summed E-state index contributed by atoms with van der Waals surface area (Å²) >= 11 is 0. The fourth-order valence-electron chi connectivity index (χ4n) is 2.19. The van der Waals surface area contributed by atoms with Crippen molar-refractivity contribution in [2.24, 2.45) is 11.8 Å². The Morgan fingerprint density at radius 2 is 1.83 bits per heavy atom. The quantitative estimate of drug-likeness (QED) is 0.837. The van der Waals surface area contributed by atoms with Gasteiger partial charge in [0.2, 0.25) is 0 Å². The van der Waals surface area contributed by atoms with Gasteiger partial charge < -0.3 is 10.0 Å². The first kappa shape index (κ1) is 11.5. The van der Waals surface area contributed by atoms with Gasteiger partial charge in [0.05, 0.1) is 5.56 Å². The Bertz CT molecular complexity index is 422. The molecule has 0 saturated heterocycles. The zero-order valence-electron chi connectivity index (χ0n) is 10.4. The normalized spacial score (nSPS) is 18.7. The maximum atomic E-state index is 10.8. The molecule has 4 nitrogen and oxygen atoms in total. The molecule has 2 saturated carbocycles. The molecule has 0 amide bonds. The molecule has 1 aromatic heterocycles. The summed E-state index contributed by atoms with van der Waals surface area (Å²) in [6, 6.07) is 3.49. The lowest BCUT2D eigenvalue weighted by Gasteiger charge is -2.23. The highest BCUT2D eigenvalue weighted by molar-refractivity contribution is 5.87. The van der Waals surface area contributed by atoms with Crippen LogP contribution in [0.25, 0.3) is 0 Å². The third-order valence-corrected chi connectivity index (χ3v) is 3.67. The van der Waals surface area contributed by atoms with Gasteiger partial charge in [0.25, 0.3) is 0 Å². The number of carbonyl (C=O) groups is 1. The van der Waals surface area contributed by atoms with Gasteiger partial charge in [-0.1, -0.05) is 0 Å². The Labute approximate surface area is 107 Å². The Hall–Kier alpha value is -1.58. The molecule has 2 aliphatic carbocycles. The van der Waals surface area contributed by atoms with Crippen molar-refractivity contribution in [2.45, 2.75) is 25.7 Å². The molecule has 2 fully saturated rings. The van der Waals surface area contributed by atoms with Crippen LogP contribution in [0.2, 0.25) is 0 Å². The van der Waals surface area contributed by atoms with Gasteiger partial charge in [-0.2, -0.15) is 0 Å². The highest BCUT2D eigenvalue weighted by Crippen LogP contribution is 2.35. The second-order valence-corrected chi connectivity index (χ2v) is 5.50. The summed E-state index contributed by atoms with van der Waals surface area (Å²) in [5.41, 5.74) is 0.261. The van der Waals surface area contributed by atoms with Gasteiger partial charge in [-0.25, -0.2) is 9.78 Å². The highest BCUT2D eigenvalue weighted by Gasteiger charge is 2.29. The van der Waals surface area contributed by atoms with Gasteiger partial charge in [0, 0.05) is 19.3 Å². The van der Waals surface area contributed by atoms with Crippen LogP contribution in [0, 0.1) is 11.8 Å². The van der Waals surface area contributed by atoms with Crippen molar-refractivity contribution in [2.75, 3.05) is 18.0 Å². The third-order valence-electron chi connectivity index (χ3n) is 3.67. The first-order chi connectivity index (χ1) is 8.72. The van der Waals surface area contributed by atoms with E-state index in [1.807, 2.05) is 6.07 Å². The maximum Gasteiger partial charge on any atom is 0.337 e. The van der Waals surface area contributed by atoms with Crippen LogP contribution in [0.15, 0.2) is 18.3 Å². The number of nitrogens with zero attached hydrogens (tertiary/aromatic N) is 2. The number of hydrogen-bond donors (Lipinski definition) is 1. The lowest BCUT2D eigenvalue weighted by Crippen LogP contribution is -2.28. The number of carboxylic acid groups (broad SMARTS) is 1. The van der Waals surface area contributed by atoms with E-state index in [9.17, 15) is 4.79 Å². The molecule has 96 valence electrons. The van der Waals surface area contributed by atoms with Crippen LogP contribution in [0.3, 0.4) is 0 Å². The molecule has 0 aromatic carbocycles. The fourth-order valence-corrected chi connectivity index (χ4v) is 2.19. The number of aromatic nitrogens is 1. The van der Waals surface area contributed by atoms with Crippen LogP contribution >= 0.6 is 0 Å². The highest BCUT2D eigenvalue weighted by atomic mass is 16.4. The number of rotatable bonds is 6. The van der Waals surface area contributed by atoms with Crippen molar-refractivity contribution in [3.63, 3.8) is 0 Å². The van der Waals surface area contributed by atoms with Crippen LogP contribution in [-0.4, -0.2) is 29.1 Å². The molecule has 2 aliphatic rings. The molecular weight excluding hydrogens is 228 g/mol. The molecule has 18 heavy (non-hydrogen) atoms. The van der Waals surface area contributed by atoms with Crippen molar-refractivity contribution in [1.29, 1.82) is 0 Å². The Morgan fingerprint density at radius 1 is 1.22 bits per heavy atom. The molecule has 1 aromatic rings. The summed E-state index contributed by atoms with van der Waals surface area (Å²) in [4.78, 5) is 17.4. The zero-order chi connectivity index (χ0) is 12.5. The SMILES string of the molecule is O=C(O)c1ccc(N(CC2CC2)CC2CC2)nc1. The van der Waals surface area contributed by atoms with Crippen LogP contribution in [0.5, 0.6) is 0 Å². The number of aromatic carboxylic acids is 1. The van der Waals surface area contributed by atoms with E-state index in [0.717, 1.165) is 30.7 Å². The Kier molecular flexibility index (Phi) is 2.94. The summed E-state index contributed by atoms with van der Waals surface area (Å²) in [6.07, 6.45) is 6.77. The predicted molar refractivity (Wildman–Crippen MR) is 68.9 cm³/mol. The lowest BCUT2D eigenvalue weighted by atomic mass is 10.2. The van der Waals surface area contributed by atoms with Crippen LogP contribution in [0.1, 0.15) is 36.0 Å². The Balaban J connectivity index is 1.72. The van der Waals surface area contributed by atoms with E-state index < -0.39 is 5.97 Å². The molecule has 4 heteroatoms.